The van der Waals surface area contributed by atoms with Gasteiger partial charge in [-0.05, 0) is 48.4 Å². The smallest absolute Gasteiger partial charge is 0.141 e. The first kappa shape index (κ1) is 16.2. The summed E-state index contributed by atoms with van der Waals surface area (Å²) in [5.41, 5.74) is 1.77. The number of likely N-dealkylation sites (N-methyl/N-ethyl adjacent to an activating group) is 1. The molecule has 0 radical (unpaired) electrons. The minimum Gasteiger partial charge on any atom is -0.310 e. The van der Waals surface area contributed by atoms with Crippen LogP contribution in [-0.4, -0.2) is 6.54 Å². The van der Waals surface area contributed by atoms with E-state index in [0.29, 0.717) is 6.42 Å². The van der Waals surface area contributed by atoms with Gasteiger partial charge in [0.15, 0.2) is 0 Å². The first-order chi connectivity index (χ1) is 10.0. The van der Waals surface area contributed by atoms with Gasteiger partial charge in [0.25, 0.3) is 0 Å². The normalized spacial score (nSPS) is 12.4. The molecule has 0 heterocycles. The summed E-state index contributed by atoms with van der Waals surface area (Å²) in [5, 5.41) is 3.50. The van der Waals surface area contributed by atoms with Gasteiger partial charge in [0.1, 0.15) is 11.6 Å². The van der Waals surface area contributed by atoms with Gasteiger partial charge in [-0.2, -0.15) is 0 Å². The van der Waals surface area contributed by atoms with Crippen LogP contribution in [0.5, 0.6) is 0 Å². The Bertz CT molecular complexity index is 632. The van der Waals surface area contributed by atoms with Crippen molar-refractivity contribution in [1.29, 1.82) is 0 Å². The lowest BCUT2D eigenvalue weighted by Crippen LogP contribution is -2.23. The Balaban J connectivity index is 2.25. The highest BCUT2D eigenvalue weighted by Crippen LogP contribution is 2.25. The molecular weight excluding hydrogens is 315 g/mol. The molecular formula is C16H15Cl2F2N. The quantitative estimate of drug-likeness (QED) is 0.798. The van der Waals surface area contributed by atoms with Crippen LogP contribution in [0.4, 0.5) is 8.78 Å². The molecule has 112 valence electrons. The highest BCUT2D eigenvalue weighted by atomic mass is 35.5. The monoisotopic (exact) mass is 329 g/mol. The van der Waals surface area contributed by atoms with E-state index >= 15 is 0 Å². The molecule has 0 saturated carbocycles. The lowest BCUT2D eigenvalue weighted by molar-refractivity contribution is 0.546. The fourth-order valence-electron chi connectivity index (χ4n) is 2.19. The zero-order valence-electron chi connectivity index (χ0n) is 11.5. The average Bonchev–Trinajstić information content (AvgIpc) is 2.45. The molecule has 0 aliphatic heterocycles. The third kappa shape index (κ3) is 4.16. The summed E-state index contributed by atoms with van der Waals surface area (Å²) >= 11 is 11.6. The van der Waals surface area contributed by atoms with Gasteiger partial charge in [-0.25, -0.2) is 8.78 Å². The highest BCUT2D eigenvalue weighted by molar-refractivity contribution is 6.31. The summed E-state index contributed by atoms with van der Waals surface area (Å²) < 4.78 is 26.5. The molecule has 2 rings (SSSR count). The topological polar surface area (TPSA) is 12.0 Å². The molecule has 21 heavy (non-hydrogen) atoms. The predicted octanol–water partition coefficient (Wildman–Crippen LogP) is 5.16. The van der Waals surface area contributed by atoms with Crippen molar-refractivity contribution in [1.82, 2.24) is 5.32 Å². The number of hydrogen-bond donors (Lipinski definition) is 1. The Labute approximate surface area is 132 Å². The molecule has 0 aromatic heterocycles. The predicted molar refractivity (Wildman–Crippen MR) is 82.9 cm³/mol. The molecule has 0 aliphatic carbocycles. The number of hydrogen-bond acceptors (Lipinski definition) is 1. The Morgan fingerprint density at radius 2 is 1.62 bits per heavy atom. The Morgan fingerprint density at radius 1 is 1.00 bits per heavy atom. The number of rotatable bonds is 5. The van der Waals surface area contributed by atoms with Gasteiger partial charge in [-0.1, -0.05) is 42.3 Å². The molecule has 2 aromatic rings. The Morgan fingerprint density at radius 3 is 2.19 bits per heavy atom. The molecule has 1 N–H and O–H groups in total. The van der Waals surface area contributed by atoms with Crippen LogP contribution < -0.4 is 5.32 Å². The largest absolute Gasteiger partial charge is 0.310 e. The molecule has 0 aliphatic rings. The maximum Gasteiger partial charge on any atom is 0.141 e. The standard InChI is InChI=1S/C16H15Cl2F2N/c1-2-21-16(11-4-6-15(20)13(18)9-11)8-10-3-5-14(19)12(17)7-10/h3-7,9,16,21H,2,8H2,1H3. The summed E-state index contributed by atoms with van der Waals surface area (Å²) in [4.78, 5) is 0. The van der Waals surface area contributed by atoms with Crippen LogP contribution in [0.25, 0.3) is 0 Å². The molecule has 1 unspecified atom stereocenters. The third-order valence-corrected chi connectivity index (χ3v) is 3.80. The van der Waals surface area contributed by atoms with E-state index in [1.165, 1.54) is 12.1 Å². The lowest BCUT2D eigenvalue weighted by Gasteiger charge is -2.19. The van der Waals surface area contributed by atoms with E-state index in [0.717, 1.165) is 17.7 Å². The second kappa shape index (κ2) is 7.21. The fourth-order valence-corrected chi connectivity index (χ4v) is 2.58. The van der Waals surface area contributed by atoms with E-state index in [2.05, 4.69) is 5.32 Å². The first-order valence-electron chi connectivity index (χ1n) is 6.63. The van der Waals surface area contributed by atoms with E-state index in [1.807, 2.05) is 6.92 Å². The van der Waals surface area contributed by atoms with Crippen LogP contribution in [0.1, 0.15) is 24.1 Å². The second-order valence-electron chi connectivity index (χ2n) is 4.74. The van der Waals surface area contributed by atoms with Gasteiger partial charge >= 0.3 is 0 Å². The highest BCUT2D eigenvalue weighted by Gasteiger charge is 2.14. The van der Waals surface area contributed by atoms with Crippen LogP contribution in [0.3, 0.4) is 0 Å². The van der Waals surface area contributed by atoms with E-state index < -0.39 is 11.6 Å². The van der Waals surface area contributed by atoms with Gasteiger partial charge in [0, 0.05) is 6.04 Å². The third-order valence-electron chi connectivity index (χ3n) is 3.22. The summed E-state index contributed by atoms with van der Waals surface area (Å²) in [6.45, 7) is 2.73. The second-order valence-corrected chi connectivity index (χ2v) is 5.55. The van der Waals surface area contributed by atoms with Crippen molar-refractivity contribution in [3.05, 3.63) is 69.2 Å². The maximum atomic E-state index is 13.3. The van der Waals surface area contributed by atoms with Crippen molar-refractivity contribution in [2.24, 2.45) is 0 Å². The molecule has 0 amide bonds. The zero-order chi connectivity index (χ0) is 15.4. The van der Waals surface area contributed by atoms with E-state index in [-0.39, 0.29) is 16.1 Å². The zero-order valence-corrected chi connectivity index (χ0v) is 13.0. The van der Waals surface area contributed by atoms with E-state index in [9.17, 15) is 8.78 Å². The molecule has 0 spiro atoms. The summed E-state index contributed by atoms with van der Waals surface area (Å²) in [7, 11) is 0. The van der Waals surface area contributed by atoms with Crippen LogP contribution in [0, 0.1) is 11.6 Å². The van der Waals surface area contributed by atoms with Gasteiger partial charge in [-0.15, -0.1) is 0 Å². The molecule has 2 aromatic carbocycles. The van der Waals surface area contributed by atoms with Crippen LogP contribution in [0.15, 0.2) is 36.4 Å². The van der Waals surface area contributed by atoms with Crippen molar-refractivity contribution >= 4 is 23.2 Å². The van der Waals surface area contributed by atoms with Crippen molar-refractivity contribution in [3.63, 3.8) is 0 Å². The fraction of sp³-hybridized carbons (Fsp3) is 0.250. The van der Waals surface area contributed by atoms with Crippen LogP contribution in [0.2, 0.25) is 10.0 Å². The van der Waals surface area contributed by atoms with Crippen molar-refractivity contribution in [2.45, 2.75) is 19.4 Å². The SMILES string of the molecule is CCNC(Cc1ccc(F)c(Cl)c1)c1ccc(F)c(Cl)c1. The summed E-state index contributed by atoms with van der Waals surface area (Å²) in [6, 6.07) is 9.24. The number of nitrogens with one attached hydrogen (secondary N) is 1. The molecule has 5 heteroatoms. The average molecular weight is 330 g/mol. The Kier molecular flexibility index (Phi) is 5.57. The number of benzene rings is 2. The number of halogens is 4. The minimum absolute atomic E-state index is 0.0466. The molecule has 1 nitrogen and oxygen atoms in total. The first-order valence-corrected chi connectivity index (χ1v) is 7.39. The van der Waals surface area contributed by atoms with Gasteiger partial charge < -0.3 is 5.32 Å². The molecule has 0 bridgehead atoms. The van der Waals surface area contributed by atoms with E-state index in [4.69, 9.17) is 23.2 Å². The molecule has 0 saturated heterocycles. The Hall–Kier alpha value is -1.16. The summed E-state index contributed by atoms with van der Waals surface area (Å²) in [5.74, 6) is -0.884. The summed E-state index contributed by atoms with van der Waals surface area (Å²) in [6.07, 6.45) is 0.607. The van der Waals surface area contributed by atoms with Crippen LogP contribution in [-0.2, 0) is 6.42 Å². The van der Waals surface area contributed by atoms with Gasteiger partial charge in [0.05, 0.1) is 10.0 Å². The van der Waals surface area contributed by atoms with Crippen molar-refractivity contribution < 1.29 is 8.78 Å². The lowest BCUT2D eigenvalue weighted by atomic mass is 9.98. The molecule has 1 atom stereocenters. The van der Waals surface area contributed by atoms with E-state index in [1.54, 1.807) is 24.3 Å². The molecule has 0 fully saturated rings. The van der Waals surface area contributed by atoms with Crippen LogP contribution >= 0.6 is 23.2 Å². The van der Waals surface area contributed by atoms with Crippen molar-refractivity contribution in [2.75, 3.05) is 6.54 Å². The van der Waals surface area contributed by atoms with Gasteiger partial charge in [0.2, 0.25) is 0 Å². The minimum atomic E-state index is -0.444. The maximum absolute atomic E-state index is 13.3. The van der Waals surface area contributed by atoms with Gasteiger partial charge in [-0.3, -0.25) is 0 Å². The van der Waals surface area contributed by atoms with Crippen molar-refractivity contribution in [3.8, 4) is 0 Å².